The summed E-state index contributed by atoms with van der Waals surface area (Å²) in [6.45, 7) is 4.31. The van der Waals surface area contributed by atoms with Crippen molar-refractivity contribution in [1.82, 2.24) is 0 Å². The van der Waals surface area contributed by atoms with E-state index in [2.05, 4.69) is 56.7 Å². The summed E-state index contributed by atoms with van der Waals surface area (Å²) in [5.41, 5.74) is 2.78. The molecule has 0 aliphatic heterocycles. The summed E-state index contributed by atoms with van der Waals surface area (Å²) in [6, 6.07) is 2.26. The lowest BCUT2D eigenvalue weighted by Gasteiger charge is -2.03. The molecule has 4 heteroatoms. The van der Waals surface area contributed by atoms with Crippen LogP contribution in [-0.4, -0.2) is 0 Å². The number of aryl methyl sites for hydroxylation is 2. The van der Waals surface area contributed by atoms with Crippen molar-refractivity contribution in [3.63, 3.8) is 0 Å². The van der Waals surface area contributed by atoms with Gasteiger partial charge in [-0.25, -0.2) is 0 Å². The molecule has 1 rings (SSSR count). The first-order valence-corrected chi connectivity index (χ1v) is 9.50. The van der Waals surface area contributed by atoms with Crippen molar-refractivity contribution in [2.24, 2.45) is 0 Å². The monoisotopic (exact) mass is 312 g/mol. The number of hydrogen-bond acceptors (Lipinski definition) is 0. The smallest absolute Gasteiger partial charge is 0.0659 e. The van der Waals surface area contributed by atoms with Crippen LogP contribution in [0.3, 0.4) is 0 Å². The lowest BCUT2D eigenvalue weighted by Crippen LogP contribution is -1.90. The molecule has 0 nitrogen and oxygen atoms in total. The molecular weight excluding hydrogens is 306 g/mol. The largest absolute Gasteiger partial charge is 0.0701 e. The maximum absolute atomic E-state index is 3.55. The van der Waals surface area contributed by atoms with Crippen LogP contribution in [0.2, 0.25) is 0 Å². The van der Waals surface area contributed by atoms with Crippen LogP contribution in [0.15, 0.2) is 11.9 Å². The second kappa shape index (κ2) is 4.33. The minimum atomic E-state index is -0.256. The minimum absolute atomic E-state index is 0.256. The Balaban J connectivity index is 3.05. The normalized spacial score (nSPS) is 11.4. The van der Waals surface area contributed by atoms with Crippen molar-refractivity contribution in [3.05, 3.63) is 23.0 Å². The molecule has 0 fully saturated rings. The van der Waals surface area contributed by atoms with E-state index in [1.807, 2.05) is 0 Å². The molecule has 0 unspecified atom stereocenters. The zero-order valence-corrected chi connectivity index (χ0v) is 11.3. The van der Waals surface area contributed by atoms with Gasteiger partial charge in [-0.2, -0.15) is 0 Å². The first kappa shape index (κ1) is 10.1. The fourth-order valence-electron chi connectivity index (χ4n) is 0.702. The zero-order valence-electron chi connectivity index (χ0n) is 6.31. The van der Waals surface area contributed by atoms with Gasteiger partial charge in [0.05, 0.1) is 5.33 Å². The number of hydrogen-bond donors (Lipinski definition) is 0. The lowest BCUT2D eigenvalue weighted by atomic mass is 10.2. The molecular formula is C7H8Br2P2. The molecule has 0 aromatic carbocycles. The molecule has 0 aliphatic rings. The maximum Gasteiger partial charge on any atom is 0.0701 e. The van der Waals surface area contributed by atoms with Crippen LogP contribution in [0.5, 0.6) is 0 Å². The van der Waals surface area contributed by atoms with Gasteiger partial charge in [0.15, 0.2) is 0 Å². The lowest BCUT2D eigenvalue weighted by molar-refractivity contribution is 1.38. The summed E-state index contributed by atoms with van der Waals surface area (Å²) in [7, 11) is 1.32. The average Bonchev–Trinajstić information content (AvgIpc) is 1.94. The first-order chi connectivity index (χ1) is 5.11. The molecule has 0 aliphatic carbocycles. The summed E-state index contributed by atoms with van der Waals surface area (Å²) in [5.74, 6) is 2.25. The van der Waals surface area contributed by atoms with Crippen molar-refractivity contribution in [1.29, 1.82) is 0 Å². The van der Waals surface area contributed by atoms with Crippen molar-refractivity contribution in [2.75, 3.05) is 0 Å². The van der Waals surface area contributed by atoms with E-state index in [0.717, 1.165) is 0 Å². The number of rotatable bonds is 1. The second-order valence-corrected chi connectivity index (χ2v) is 11.8. The molecule has 1 heterocycles. The maximum atomic E-state index is 3.55. The standard InChI is InChI=1S/C7H8Br2P2/c1-5-3-7(11(8)9)10-4-6(5)2/h3-4H,1-2H3. The van der Waals surface area contributed by atoms with E-state index < -0.39 is 0 Å². The highest BCUT2D eigenvalue weighted by molar-refractivity contribution is 9.70. The Morgan fingerprint density at radius 1 is 1.27 bits per heavy atom. The van der Waals surface area contributed by atoms with Crippen LogP contribution in [0.4, 0.5) is 0 Å². The van der Waals surface area contributed by atoms with Gasteiger partial charge in [-0.15, -0.1) is 0 Å². The Hall–Kier alpha value is 1.04. The van der Waals surface area contributed by atoms with Crippen LogP contribution in [0.1, 0.15) is 11.1 Å². The SMILES string of the molecule is Cc1cpc(P(Br)Br)cc1C. The van der Waals surface area contributed by atoms with Crippen LogP contribution in [0, 0.1) is 13.8 Å². The van der Waals surface area contributed by atoms with E-state index in [-0.39, 0.29) is 5.33 Å². The highest BCUT2D eigenvalue weighted by atomic mass is 79.9. The van der Waals surface area contributed by atoms with E-state index in [4.69, 9.17) is 0 Å². The third kappa shape index (κ3) is 2.77. The minimum Gasteiger partial charge on any atom is -0.0659 e. The Kier molecular flexibility index (Phi) is 3.98. The predicted octanol–water partition coefficient (Wildman–Crippen LogP) is 4.61. The Morgan fingerprint density at radius 2 is 1.91 bits per heavy atom. The van der Waals surface area contributed by atoms with Crippen LogP contribution in [0.25, 0.3) is 0 Å². The Bertz CT molecular complexity index is 261. The van der Waals surface area contributed by atoms with Gasteiger partial charge in [-0.1, -0.05) is 8.19 Å². The summed E-state index contributed by atoms with van der Waals surface area (Å²) >= 11 is 7.09. The van der Waals surface area contributed by atoms with E-state index >= 15 is 0 Å². The summed E-state index contributed by atoms with van der Waals surface area (Å²) in [6.07, 6.45) is 0. The molecule has 0 bridgehead atoms. The van der Waals surface area contributed by atoms with Gasteiger partial charge in [0.2, 0.25) is 0 Å². The molecule has 60 valence electrons. The van der Waals surface area contributed by atoms with Gasteiger partial charge in [-0.3, -0.25) is 0 Å². The summed E-state index contributed by atoms with van der Waals surface area (Å²) in [4.78, 5) is 0. The molecule has 1 aromatic rings. The van der Waals surface area contributed by atoms with Gasteiger partial charge in [0, 0.05) is 5.04 Å². The molecule has 0 spiro atoms. The van der Waals surface area contributed by atoms with Gasteiger partial charge in [-0.05, 0) is 67.8 Å². The summed E-state index contributed by atoms with van der Waals surface area (Å²) in [5, 5.41) is 1.18. The van der Waals surface area contributed by atoms with Crippen molar-refractivity contribution in [2.45, 2.75) is 13.8 Å². The van der Waals surface area contributed by atoms with E-state index in [0.29, 0.717) is 0 Å². The Labute approximate surface area is 86.1 Å². The molecule has 0 atom stereocenters. The second-order valence-electron chi connectivity index (χ2n) is 2.36. The van der Waals surface area contributed by atoms with Gasteiger partial charge in [0.25, 0.3) is 0 Å². The topological polar surface area (TPSA) is 0 Å². The molecule has 1 aromatic heterocycles. The molecule has 11 heavy (non-hydrogen) atoms. The fourth-order valence-corrected chi connectivity index (χ4v) is 4.58. The third-order valence-corrected chi connectivity index (χ3v) is 7.80. The van der Waals surface area contributed by atoms with Gasteiger partial charge < -0.3 is 0 Å². The molecule has 0 N–H and O–H groups in total. The van der Waals surface area contributed by atoms with Crippen molar-refractivity contribution >= 4 is 49.5 Å². The van der Waals surface area contributed by atoms with Crippen LogP contribution >= 0.6 is 44.5 Å². The highest BCUT2D eigenvalue weighted by Gasteiger charge is 2.03. The quantitative estimate of drug-likeness (QED) is 0.664. The van der Waals surface area contributed by atoms with Crippen LogP contribution < -0.4 is 5.04 Å². The predicted molar refractivity (Wildman–Crippen MR) is 62.8 cm³/mol. The summed E-state index contributed by atoms with van der Waals surface area (Å²) < 4.78 is 0. The first-order valence-electron chi connectivity index (χ1n) is 3.16. The molecule has 0 radical (unpaired) electrons. The molecule has 0 amide bonds. The van der Waals surface area contributed by atoms with Gasteiger partial charge in [0.1, 0.15) is 0 Å². The zero-order chi connectivity index (χ0) is 8.43. The molecule has 0 saturated carbocycles. The van der Waals surface area contributed by atoms with Crippen molar-refractivity contribution in [3.8, 4) is 0 Å². The van der Waals surface area contributed by atoms with Crippen LogP contribution in [-0.2, 0) is 0 Å². The Morgan fingerprint density at radius 3 is 2.36 bits per heavy atom. The molecule has 0 saturated heterocycles. The van der Waals surface area contributed by atoms with Crippen molar-refractivity contribution < 1.29 is 0 Å². The third-order valence-electron chi connectivity index (χ3n) is 1.53. The van der Waals surface area contributed by atoms with E-state index in [1.165, 1.54) is 24.4 Å². The van der Waals surface area contributed by atoms with E-state index in [9.17, 15) is 0 Å². The average molecular weight is 314 g/mol. The highest BCUT2D eigenvalue weighted by Crippen LogP contribution is 2.52. The number of halogens is 2. The van der Waals surface area contributed by atoms with E-state index in [1.54, 1.807) is 0 Å². The van der Waals surface area contributed by atoms with Gasteiger partial charge >= 0.3 is 0 Å². The fraction of sp³-hybridized carbons (Fsp3) is 0.286.